The van der Waals surface area contributed by atoms with Crippen LogP contribution in [0.4, 0.5) is 4.39 Å². The molecule has 1 unspecified atom stereocenters. The Bertz CT molecular complexity index is 267. The van der Waals surface area contributed by atoms with Gasteiger partial charge >= 0.3 is 0 Å². The summed E-state index contributed by atoms with van der Waals surface area (Å²) in [5.74, 6) is 0. The van der Waals surface area contributed by atoms with Gasteiger partial charge in [0, 0.05) is 0 Å². The molecule has 78 valence electrons. The lowest BCUT2D eigenvalue weighted by atomic mass is 10.0. The van der Waals surface area contributed by atoms with E-state index in [2.05, 4.69) is 0 Å². The fraction of sp³-hybridized carbons (Fsp3) is 0.500. The van der Waals surface area contributed by atoms with Crippen LogP contribution in [0.3, 0.4) is 0 Å². The Morgan fingerprint density at radius 1 is 1.29 bits per heavy atom. The minimum Gasteiger partial charge on any atom is -0.368 e. The van der Waals surface area contributed by atoms with E-state index in [0.29, 0.717) is 6.61 Å². The van der Waals surface area contributed by atoms with E-state index in [0.717, 1.165) is 5.56 Å². The molecule has 1 nitrogen and oxygen atoms in total. The highest BCUT2D eigenvalue weighted by atomic mass is 19.1. The minimum absolute atomic E-state index is 0.460. The Kier molecular flexibility index (Phi) is 3.64. The minimum atomic E-state index is -0.966. The molecular weight excluding hydrogens is 179 g/mol. The molecule has 14 heavy (non-hydrogen) atoms. The first kappa shape index (κ1) is 11.2. The van der Waals surface area contributed by atoms with Crippen LogP contribution < -0.4 is 0 Å². The van der Waals surface area contributed by atoms with E-state index < -0.39 is 11.8 Å². The van der Waals surface area contributed by atoms with Gasteiger partial charge in [0.1, 0.15) is 6.17 Å². The summed E-state index contributed by atoms with van der Waals surface area (Å²) >= 11 is 0. The van der Waals surface area contributed by atoms with Gasteiger partial charge in [0.25, 0.3) is 0 Å². The zero-order valence-electron chi connectivity index (χ0n) is 8.96. The summed E-state index contributed by atoms with van der Waals surface area (Å²) < 4.78 is 18.6. The topological polar surface area (TPSA) is 9.23 Å². The molecule has 0 bridgehead atoms. The van der Waals surface area contributed by atoms with Crippen LogP contribution in [0.5, 0.6) is 0 Å². The summed E-state index contributed by atoms with van der Waals surface area (Å²) in [5, 5.41) is 0. The zero-order valence-corrected chi connectivity index (χ0v) is 8.96. The monoisotopic (exact) mass is 196 g/mol. The quantitative estimate of drug-likeness (QED) is 0.717. The largest absolute Gasteiger partial charge is 0.368 e. The number of alkyl halides is 1. The predicted octanol–water partition coefficient (Wildman–Crippen LogP) is 3.34. The predicted molar refractivity (Wildman–Crippen MR) is 55.9 cm³/mol. The Balaban J connectivity index is 2.49. The number of hydrogen-bond donors (Lipinski definition) is 0. The van der Waals surface area contributed by atoms with E-state index >= 15 is 0 Å². The smallest absolute Gasteiger partial charge is 0.126 e. The third kappa shape index (κ3) is 3.11. The highest BCUT2D eigenvalue weighted by Crippen LogP contribution is 2.19. The second kappa shape index (κ2) is 4.56. The number of ether oxygens (including phenoxy) is 1. The van der Waals surface area contributed by atoms with E-state index in [-0.39, 0.29) is 0 Å². The van der Waals surface area contributed by atoms with Crippen LogP contribution in [0.1, 0.15) is 26.3 Å². The van der Waals surface area contributed by atoms with Crippen LogP contribution in [0, 0.1) is 0 Å². The van der Waals surface area contributed by atoms with Gasteiger partial charge in [-0.25, -0.2) is 4.39 Å². The zero-order chi connectivity index (χ0) is 10.6. The van der Waals surface area contributed by atoms with E-state index in [9.17, 15) is 4.39 Å². The summed E-state index contributed by atoms with van der Waals surface area (Å²) in [5.41, 5.74) is 0.358. The van der Waals surface area contributed by atoms with Gasteiger partial charge in [-0.05, 0) is 26.3 Å². The first-order valence-electron chi connectivity index (χ1n) is 4.84. The van der Waals surface area contributed by atoms with Crippen molar-refractivity contribution >= 4 is 0 Å². The second-order valence-electron chi connectivity index (χ2n) is 3.99. The van der Waals surface area contributed by atoms with Crippen LogP contribution in [-0.4, -0.2) is 11.8 Å². The van der Waals surface area contributed by atoms with Crippen LogP contribution in [0.2, 0.25) is 0 Å². The molecule has 1 rings (SSSR count). The molecule has 0 aliphatic carbocycles. The number of hydrogen-bond acceptors (Lipinski definition) is 1. The van der Waals surface area contributed by atoms with Gasteiger partial charge in [-0.3, -0.25) is 0 Å². The van der Waals surface area contributed by atoms with Crippen molar-refractivity contribution in [2.24, 2.45) is 0 Å². The highest BCUT2D eigenvalue weighted by Gasteiger charge is 2.26. The summed E-state index contributed by atoms with van der Waals surface area (Å²) in [6.07, 6.45) is -0.966. The molecule has 0 spiro atoms. The van der Waals surface area contributed by atoms with Gasteiger partial charge in [0.05, 0.1) is 12.2 Å². The van der Waals surface area contributed by atoms with Gasteiger partial charge in [-0.2, -0.15) is 0 Å². The van der Waals surface area contributed by atoms with Gasteiger partial charge in [0.15, 0.2) is 0 Å². The molecule has 0 aromatic heterocycles. The third-order valence-electron chi connectivity index (χ3n) is 2.41. The van der Waals surface area contributed by atoms with Crippen molar-refractivity contribution in [3.63, 3.8) is 0 Å². The van der Waals surface area contributed by atoms with Gasteiger partial charge in [-0.15, -0.1) is 0 Å². The van der Waals surface area contributed by atoms with Crippen LogP contribution in [-0.2, 0) is 11.3 Å². The van der Waals surface area contributed by atoms with Crippen LogP contribution in [0.15, 0.2) is 30.3 Å². The van der Waals surface area contributed by atoms with E-state index in [1.807, 2.05) is 30.3 Å². The maximum absolute atomic E-state index is 13.1. The first-order valence-corrected chi connectivity index (χ1v) is 4.84. The lowest BCUT2D eigenvalue weighted by molar-refractivity contribution is -0.0749. The summed E-state index contributed by atoms with van der Waals surface area (Å²) in [7, 11) is 0. The molecular formula is C12H17FO. The highest BCUT2D eigenvalue weighted by molar-refractivity contribution is 5.13. The summed E-state index contributed by atoms with van der Waals surface area (Å²) in [4.78, 5) is 0. The molecule has 0 saturated heterocycles. The lowest BCUT2D eigenvalue weighted by Gasteiger charge is -2.26. The van der Waals surface area contributed by atoms with Gasteiger partial charge < -0.3 is 4.74 Å². The summed E-state index contributed by atoms with van der Waals surface area (Å²) in [6, 6.07) is 9.79. The lowest BCUT2D eigenvalue weighted by Crippen LogP contribution is -2.33. The average molecular weight is 196 g/mol. The summed E-state index contributed by atoms with van der Waals surface area (Å²) in [6.45, 7) is 5.51. The molecule has 0 saturated carbocycles. The molecule has 0 radical (unpaired) electrons. The van der Waals surface area contributed by atoms with Crippen LogP contribution >= 0.6 is 0 Å². The first-order chi connectivity index (χ1) is 6.52. The molecule has 0 aliphatic heterocycles. The van der Waals surface area contributed by atoms with E-state index in [1.165, 1.54) is 6.92 Å². The maximum Gasteiger partial charge on any atom is 0.126 e. The van der Waals surface area contributed by atoms with Gasteiger partial charge in [0.2, 0.25) is 0 Å². The van der Waals surface area contributed by atoms with Crippen molar-refractivity contribution in [2.75, 3.05) is 0 Å². The molecule has 2 heteroatoms. The van der Waals surface area contributed by atoms with Crippen molar-refractivity contribution in [3.05, 3.63) is 35.9 Å². The van der Waals surface area contributed by atoms with Crippen molar-refractivity contribution < 1.29 is 9.13 Å². The van der Waals surface area contributed by atoms with Crippen molar-refractivity contribution in [1.82, 2.24) is 0 Å². The Morgan fingerprint density at radius 2 is 1.86 bits per heavy atom. The molecule has 0 fully saturated rings. The Labute approximate surface area is 84.9 Å². The molecule has 1 aromatic rings. The normalized spacial score (nSPS) is 14.0. The molecule has 0 amide bonds. The standard InChI is InChI=1S/C12H17FO/c1-10(13)12(2,3)14-9-11-7-5-4-6-8-11/h4-8,10H,9H2,1-3H3. The van der Waals surface area contributed by atoms with Crippen molar-refractivity contribution in [3.8, 4) is 0 Å². The fourth-order valence-electron chi connectivity index (χ4n) is 0.958. The Morgan fingerprint density at radius 3 is 2.36 bits per heavy atom. The number of halogens is 1. The second-order valence-corrected chi connectivity index (χ2v) is 3.99. The number of rotatable bonds is 4. The molecule has 1 aromatic carbocycles. The molecule has 0 heterocycles. The van der Waals surface area contributed by atoms with E-state index in [1.54, 1.807) is 13.8 Å². The maximum atomic E-state index is 13.1. The van der Waals surface area contributed by atoms with Crippen LogP contribution in [0.25, 0.3) is 0 Å². The average Bonchev–Trinajstić information content (AvgIpc) is 2.16. The van der Waals surface area contributed by atoms with E-state index in [4.69, 9.17) is 4.74 Å². The molecule has 0 N–H and O–H groups in total. The third-order valence-corrected chi connectivity index (χ3v) is 2.41. The van der Waals surface area contributed by atoms with Crippen molar-refractivity contribution in [2.45, 2.75) is 39.2 Å². The van der Waals surface area contributed by atoms with Gasteiger partial charge in [-0.1, -0.05) is 30.3 Å². The van der Waals surface area contributed by atoms with Crippen molar-refractivity contribution in [1.29, 1.82) is 0 Å². The number of benzene rings is 1. The molecule has 0 aliphatic rings. The Hall–Kier alpha value is -0.890. The SMILES string of the molecule is CC(F)C(C)(C)OCc1ccccc1. The molecule has 1 atom stereocenters. The fourth-order valence-corrected chi connectivity index (χ4v) is 0.958.